The summed E-state index contributed by atoms with van der Waals surface area (Å²) >= 11 is 0. The third kappa shape index (κ3) is 4.01. The summed E-state index contributed by atoms with van der Waals surface area (Å²) < 4.78 is 0. The smallest absolute Gasteiger partial charge is 0.0602 e. The van der Waals surface area contributed by atoms with Gasteiger partial charge in [0.2, 0.25) is 0 Å². The molecule has 0 aliphatic carbocycles. The lowest BCUT2D eigenvalue weighted by atomic mass is 10.3. The van der Waals surface area contributed by atoms with Gasteiger partial charge in [0.05, 0.1) is 17.9 Å². The van der Waals surface area contributed by atoms with Crippen LogP contribution in [0, 0.1) is 12.3 Å². The summed E-state index contributed by atoms with van der Waals surface area (Å²) in [7, 11) is 1.92. The largest absolute Gasteiger partial charge is 0.314 e. The highest BCUT2D eigenvalue weighted by molar-refractivity contribution is 5.11. The van der Waals surface area contributed by atoms with Crippen LogP contribution in [0.1, 0.15) is 18.3 Å². The van der Waals surface area contributed by atoms with Gasteiger partial charge in [0, 0.05) is 13.1 Å². The van der Waals surface area contributed by atoms with Crippen molar-refractivity contribution < 1.29 is 0 Å². The van der Waals surface area contributed by atoms with Crippen LogP contribution in [-0.2, 0) is 13.1 Å². The molecule has 3 heteroatoms. The van der Waals surface area contributed by atoms with Crippen LogP contribution in [0.2, 0.25) is 0 Å². The lowest BCUT2D eigenvalue weighted by Gasteiger charge is -2.16. The Balaban J connectivity index is 2.65. The molecule has 0 amide bonds. The predicted molar refractivity (Wildman–Crippen MR) is 66.8 cm³/mol. The normalized spacial score (nSPS) is 10.4. The number of rotatable bonds is 6. The maximum atomic E-state index is 5.31. The Hall–Kier alpha value is -1.37. The Labute approximate surface area is 97.9 Å². The molecule has 3 nitrogen and oxygen atoms in total. The van der Waals surface area contributed by atoms with E-state index in [1.165, 1.54) is 0 Å². The molecule has 0 aliphatic heterocycles. The van der Waals surface area contributed by atoms with Gasteiger partial charge in [0.15, 0.2) is 0 Å². The van der Waals surface area contributed by atoms with Gasteiger partial charge in [0.1, 0.15) is 0 Å². The summed E-state index contributed by atoms with van der Waals surface area (Å²) in [4.78, 5) is 6.75. The van der Waals surface area contributed by atoms with Crippen LogP contribution in [-0.4, -0.2) is 30.0 Å². The summed E-state index contributed by atoms with van der Waals surface area (Å²) in [6, 6.07) is 6.11. The number of nitrogens with zero attached hydrogens (tertiary/aromatic N) is 2. The highest BCUT2D eigenvalue weighted by atomic mass is 15.1. The van der Waals surface area contributed by atoms with Crippen LogP contribution in [0.3, 0.4) is 0 Å². The van der Waals surface area contributed by atoms with Gasteiger partial charge in [-0.2, -0.15) is 0 Å². The number of pyridine rings is 1. The molecule has 0 aliphatic rings. The average Bonchev–Trinajstić information content (AvgIpc) is 2.29. The van der Waals surface area contributed by atoms with E-state index in [-0.39, 0.29) is 0 Å². The van der Waals surface area contributed by atoms with Crippen molar-refractivity contribution in [3.8, 4) is 12.3 Å². The molecule has 0 spiro atoms. The Morgan fingerprint density at radius 2 is 2.19 bits per heavy atom. The molecule has 0 saturated carbocycles. The minimum atomic E-state index is 0.675. The molecule has 0 saturated heterocycles. The van der Waals surface area contributed by atoms with Crippen LogP contribution < -0.4 is 5.32 Å². The number of hydrogen-bond donors (Lipinski definition) is 1. The molecular weight excluding hydrogens is 198 g/mol. The summed E-state index contributed by atoms with van der Waals surface area (Å²) in [5.41, 5.74) is 2.14. The van der Waals surface area contributed by atoms with E-state index in [2.05, 4.69) is 28.0 Å². The molecule has 0 atom stereocenters. The molecule has 0 unspecified atom stereocenters. The second kappa shape index (κ2) is 7.00. The average molecular weight is 217 g/mol. The Bertz CT molecular complexity index is 354. The Kier molecular flexibility index (Phi) is 5.55. The van der Waals surface area contributed by atoms with Crippen LogP contribution in [0.5, 0.6) is 0 Å². The van der Waals surface area contributed by atoms with E-state index in [4.69, 9.17) is 6.42 Å². The highest BCUT2D eigenvalue weighted by Crippen LogP contribution is 2.03. The molecule has 0 fully saturated rings. The van der Waals surface area contributed by atoms with Gasteiger partial charge >= 0.3 is 0 Å². The van der Waals surface area contributed by atoms with Crippen LogP contribution in [0.15, 0.2) is 18.2 Å². The Morgan fingerprint density at radius 3 is 2.81 bits per heavy atom. The highest BCUT2D eigenvalue weighted by Gasteiger charge is 2.03. The molecule has 1 aromatic rings. The zero-order chi connectivity index (χ0) is 11.8. The molecule has 86 valence electrons. The van der Waals surface area contributed by atoms with Crippen molar-refractivity contribution in [1.82, 2.24) is 15.2 Å². The second-order valence-corrected chi connectivity index (χ2v) is 3.66. The van der Waals surface area contributed by atoms with Crippen molar-refractivity contribution in [3.63, 3.8) is 0 Å². The fraction of sp³-hybridized carbons (Fsp3) is 0.462. The minimum absolute atomic E-state index is 0.675. The number of hydrogen-bond acceptors (Lipinski definition) is 3. The van der Waals surface area contributed by atoms with Crippen molar-refractivity contribution in [3.05, 3.63) is 29.6 Å². The van der Waals surface area contributed by atoms with Gasteiger partial charge in [-0.25, -0.2) is 0 Å². The lowest BCUT2D eigenvalue weighted by Crippen LogP contribution is -2.23. The van der Waals surface area contributed by atoms with Crippen LogP contribution >= 0.6 is 0 Å². The van der Waals surface area contributed by atoms with Crippen molar-refractivity contribution in [2.45, 2.75) is 20.0 Å². The molecule has 0 radical (unpaired) electrons. The summed E-state index contributed by atoms with van der Waals surface area (Å²) in [6.45, 7) is 5.35. The van der Waals surface area contributed by atoms with Crippen molar-refractivity contribution in [2.75, 3.05) is 20.1 Å². The first kappa shape index (κ1) is 12.7. The SMILES string of the molecule is C#CCN(CC)Cc1cccc(CNC)n1. The zero-order valence-electron chi connectivity index (χ0n) is 10.0. The van der Waals surface area contributed by atoms with Crippen molar-refractivity contribution in [2.24, 2.45) is 0 Å². The van der Waals surface area contributed by atoms with E-state index < -0.39 is 0 Å². The fourth-order valence-corrected chi connectivity index (χ4v) is 1.53. The molecule has 0 bridgehead atoms. The number of nitrogens with one attached hydrogen (secondary N) is 1. The van der Waals surface area contributed by atoms with E-state index in [0.29, 0.717) is 6.54 Å². The van der Waals surface area contributed by atoms with Crippen molar-refractivity contribution >= 4 is 0 Å². The standard InChI is InChI=1S/C13H19N3/c1-4-9-16(5-2)11-13-8-6-7-12(15-13)10-14-3/h1,6-8,14H,5,9-11H2,2-3H3. The lowest BCUT2D eigenvalue weighted by molar-refractivity contribution is 0.312. The third-order valence-corrected chi connectivity index (χ3v) is 2.37. The second-order valence-electron chi connectivity index (χ2n) is 3.66. The zero-order valence-corrected chi connectivity index (χ0v) is 10.0. The summed E-state index contributed by atoms with van der Waals surface area (Å²) in [6.07, 6.45) is 5.31. The van der Waals surface area contributed by atoms with Crippen LogP contribution in [0.25, 0.3) is 0 Å². The quantitative estimate of drug-likeness (QED) is 0.727. The molecule has 1 N–H and O–H groups in total. The molecule has 1 aromatic heterocycles. The first-order valence-electron chi connectivity index (χ1n) is 5.55. The maximum absolute atomic E-state index is 5.31. The molecule has 16 heavy (non-hydrogen) atoms. The van der Waals surface area contributed by atoms with Gasteiger partial charge in [-0.15, -0.1) is 6.42 Å². The topological polar surface area (TPSA) is 28.2 Å². The van der Waals surface area contributed by atoms with Crippen LogP contribution in [0.4, 0.5) is 0 Å². The van der Waals surface area contributed by atoms with E-state index in [1.807, 2.05) is 25.2 Å². The van der Waals surface area contributed by atoms with Gasteiger partial charge in [0.25, 0.3) is 0 Å². The van der Waals surface area contributed by atoms with Crippen molar-refractivity contribution in [1.29, 1.82) is 0 Å². The minimum Gasteiger partial charge on any atom is -0.314 e. The third-order valence-electron chi connectivity index (χ3n) is 2.37. The monoisotopic (exact) mass is 217 g/mol. The molecule has 1 rings (SSSR count). The Morgan fingerprint density at radius 1 is 1.44 bits per heavy atom. The van der Waals surface area contributed by atoms with E-state index in [1.54, 1.807) is 0 Å². The van der Waals surface area contributed by atoms with Gasteiger partial charge in [-0.3, -0.25) is 9.88 Å². The first-order valence-corrected chi connectivity index (χ1v) is 5.55. The molecular formula is C13H19N3. The maximum Gasteiger partial charge on any atom is 0.0602 e. The summed E-state index contributed by atoms with van der Waals surface area (Å²) in [5.74, 6) is 2.66. The predicted octanol–water partition coefficient (Wildman–Crippen LogP) is 1.26. The van der Waals surface area contributed by atoms with E-state index in [0.717, 1.165) is 31.0 Å². The number of aromatic nitrogens is 1. The van der Waals surface area contributed by atoms with Gasteiger partial charge in [-0.1, -0.05) is 18.9 Å². The van der Waals surface area contributed by atoms with E-state index in [9.17, 15) is 0 Å². The van der Waals surface area contributed by atoms with E-state index >= 15 is 0 Å². The van der Waals surface area contributed by atoms with Gasteiger partial charge in [-0.05, 0) is 25.7 Å². The number of terminal acetylenes is 1. The van der Waals surface area contributed by atoms with Gasteiger partial charge < -0.3 is 5.32 Å². The molecule has 1 heterocycles. The summed E-state index contributed by atoms with van der Waals surface area (Å²) in [5, 5.41) is 3.10. The molecule has 0 aromatic carbocycles. The fourth-order valence-electron chi connectivity index (χ4n) is 1.53. The first-order chi connectivity index (χ1) is 7.80.